The molecule has 0 bridgehead atoms. The van der Waals surface area contributed by atoms with Gasteiger partial charge in [-0.2, -0.15) is 0 Å². The van der Waals surface area contributed by atoms with Crippen molar-refractivity contribution in [3.8, 4) is 0 Å². The van der Waals surface area contributed by atoms with Crippen LogP contribution in [-0.2, 0) is 0 Å². The minimum atomic E-state index is 0.151. The summed E-state index contributed by atoms with van der Waals surface area (Å²) in [4.78, 5) is 0. The largest absolute Gasteiger partial charge is 0.324 e. The Kier molecular flexibility index (Phi) is 3.92. The summed E-state index contributed by atoms with van der Waals surface area (Å²) in [5, 5.41) is 3.71. The van der Waals surface area contributed by atoms with Crippen molar-refractivity contribution in [1.29, 1.82) is 0 Å². The fourth-order valence-corrected chi connectivity index (χ4v) is 3.42. The molecule has 0 fully saturated rings. The summed E-state index contributed by atoms with van der Waals surface area (Å²) < 4.78 is 1.12. The molecule has 0 saturated heterocycles. The Morgan fingerprint density at radius 1 is 1.15 bits per heavy atom. The van der Waals surface area contributed by atoms with Gasteiger partial charge in [-0.25, -0.2) is 0 Å². The van der Waals surface area contributed by atoms with Crippen LogP contribution in [0.15, 0.2) is 53.0 Å². The van der Waals surface area contributed by atoms with Crippen LogP contribution in [-0.4, -0.2) is 0 Å². The average molecular weight is 331 g/mol. The second-order valence-electron chi connectivity index (χ2n) is 5.47. The zero-order valence-corrected chi connectivity index (χ0v) is 13.1. The first-order valence-electron chi connectivity index (χ1n) is 7.01. The van der Waals surface area contributed by atoms with Gasteiger partial charge in [-0.3, -0.25) is 0 Å². The first kappa shape index (κ1) is 13.8. The maximum atomic E-state index is 6.23. The van der Waals surface area contributed by atoms with Crippen molar-refractivity contribution in [2.45, 2.75) is 31.5 Å². The monoisotopic (exact) mass is 330 g/mol. The molecule has 0 aromatic heterocycles. The summed E-state index contributed by atoms with van der Waals surface area (Å²) in [7, 11) is 0. The van der Waals surface area contributed by atoms with Gasteiger partial charge in [-0.05, 0) is 42.2 Å². The predicted octanol–water partition coefficient (Wildman–Crippen LogP) is 4.24. The fraction of sp³-hybridized carbons (Fsp3) is 0.294. The normalized spacial score (nSPS) is 22.6. The van der Waals surface area contributed by atoms with E-state index >= 15 is 0 Å². The molecule has 0 amide bonds. The number of hydrogen-bond acceptors (Lipinski definition) is 2. The standard InChI is InChI=1S/C17H19BrN2/c1-11(12-5-4-6-13(18)9-12)20-17-10-16(19)14-7-2-3-8-15(14)17/h2-9,11,16-17,20H,10,19H2,1H3/t11-,16?,17?/m1/s1. The number of rotatable bonds is 3. The average Bonchev–Trinajstić information content (AvgIpc) is 2.76. The van der Waals surface area contributed by atoms with Crippen molar-refractivity contribution >= 4 is 15.9 Å². The smallest absolute Gasteiger partial charge is 0.0347 e. The van der Waals surface area contributed by atoms with Crippen LogP contribution in [0.3, 0.4) is 0 Å². The summed E-state index contributed by atoms with van der Waals surface area (Å²) in [6.45, 7) is 2.20. The maximum absolute atomic E-state index is 6.23. The van der Waals surface area contributed by atoms with E-state index in [9.17, 15) is 0 Å². The van der Waals surface area contributed by atoms with Crippen LogP contribution >= 0.6 is 15.9 Å². The Labute approximate surface area is 128 Å². The summed E-state index contributed by atoms with van der Waals surface area (Å²) in [5.41, 5.74) is 10.1. The Balaban J connectivity index is 1.79. The molecule has 2 aromatic carbocycles. The molecule has 0 saturated carbocycles. The number of hydrogen-bond donors (Lipinski definition) is 2. The molecule has 3 N–H and O–H groups in total. The van der Waals surface area contributed by atoms with Crippen LogP contribution in [0.1, 0.15) is 48.2 Å². The molecular weight excluding hydrogens is 312 g/mol. The van der Waals surface area contributed by atoms with Gasteiger partial charge in [0.15, 0.2) is 0 Å². The van der Waals surface area contributed by atoms with E-state index in [1.165, 1.54) is 16.7 Å². The number of halogens is 1. The van der Waals surface area contributed by atoms with E-state index in [1.54, 1.807) is 0 Å². The minimum Gasteiger partial charge on any atom is -0.324 e. The van der Waals surface area contributed by atoms with Crippen molar-refractivity contribution in [1.82, 2.24) is 5.32 Å². The SMILES string of the molecule is C[C@@H](NC1CC(N)c2ccccc21)c1cccc(Br)c1. The predicted molar refractivity (Wildman–Crippen MR) is 86.4 cm³/mol. The third kappa shape index (κ3) is 2.66. The van der Waals surface area contributed by atoms with Crippen molar-refractivity contribution in [3.63, 3.8) is 0 Å². The number of nitrogens with one attached hydrogen (secondary N) is 1. The van der Waals surface area contributed by atoms with E-state index < -0.39 is 0 Å². The molecule has 3 heteroatoms. The van der Waals surface area contributed by atoms with Crippen molar-refractivity contribution < 1.29 is 0 Å². The second kappa shape index (κ2) is 5.68. The molecule has 0 radical (unpaired) electrons. The van der Waals surface area contributed by atoms with E-state index in [0.29, 0.717) is 12.1 Å². The lowest BCUT2D eigenvalue weighted by Crippen LogP contribution is -2.23. The molecule has 0 spiro atoms. The van der Waals surface area contributed by atoms with Gasteiger partial charge in [0.2, 0.25) is 0 Å². The maximum Gasteiger partial charge on any atom is 0.0347 e. The van der Waals surface area contributed by atoms with Crippen LogP contribution in [0.25, 0.3) is 0 Å². The zero-order chi connectivity index (χ0) is 14.1. The fourth-order valence-electron chi connectivity index (χ4n) is 3.01. The van der Waals surface area contributed by atoms with E-state index in [2.05, 4.69) is 76.7 Å². The lowest BCUT2D eigenvalue weighted by Gasteiger charge is -2.21. The molecule has 0 aliphatic heterocycles. The van der Waals surface area contributed by atoms with Gasteiger partial charge in [0, 0.05) is 22.6 Å². The van der Waals surface area contributed by atoms with E-state index in [0.717, 1.165) is 10.9 Å². The summed E-state index contributed by atoms with van der Waals surface area (Å²) in [6.07, 6.45) is 0.970. The van der Waals surface area contributed by atoms with Gasteiger partial charge < -0.3 is 11.1 Å². The Morgan fingerprint density at radius 2 is 1.90 bits per heavy atom. The van der Waals surface area contributed by atoms with Crippen LogP contribution in [0.4, 0.5) is 0 Å². The lowest BCUT2D eigenvalue weighted by molar-refractivity contribution is 0.445. The summed E-state index contributed by atoms with van der Waals surface area (Å²) >= 11 is 3.53. The third-order valence-corrected chi connectivity index (χ3v) is 4.55. The van der Waals surface area contributed by atoms with Gasteiger partial charge >= 0.3 is 0 Å². The van der Waals surface area contributed by atoms with Crippen LogP contribution < -0.4 is 11.1 Å². The molecule has 1 aliphatic carbocycles. The molecule has 2 aromatic rings. The number of nitrogens with two attached hydrogens (primary N) is 1. The number of fused-ring (bicyclic) bond motifs is 1. The van der Waals surface area contributed by atoms with Crippen LogP contribution in [0, 0.1) is 0 Å². The zero-order valence-electron chi connectivity index (χ0n) is 11.5. The van der Waals surface area contributed by atoms with Gasteiger partial charge in [-0.15, -0.1) is 0 Å². The molecule has 104 valence electrons. The highest BCUT2D eigenvalue weighted by atomic mass is 79.9. The summed E-state index contributed by atoms with van der Waals surface area (Å²) in [6, 6.07) is 17.7. The molecule has 3 rings (SSSR count). The first-order valence-corrected chi connectivity index (χ1v) is 7.80. The quantitative estimate of drug-likeness (QED) is 0.883. The topological polar surface area (TPSA) is 38.0 Å². The Hall–Kier alpha value is -1.16. The van der Waals surface area contributed by atoms with E-state index in [4.69, 9.17) is 5.73 Å². The molecular formula is C17H19BrN2. The van der Waals surface area contributed by atoms with Crippen LogP contribution in [0.2, 0.25) is 0 Å². The second-order valence-corrected chi connectivity index (χ2v) is 6.38. The van der Waals surface area contributed by atoms with Gasteiger partial charge in [0.1, 0.15) is 0 Å². The van der Waals surface area contributed by atoms with Crippen LogP contribution in [0.5, 0.6) is 0 Å². The van der Waals surface area contributed by atoms with Crippen molar-refractivity contribution in [2.24, 2.45) is 5.73 Å². The van der Waals surface area contributed by atoms with Crippen molar-refractivity contribution in [3.05, 3.63) is 69.7 Å². The minimum absolute atomic E-state index is 0.151. The Bertz CT molecular complexity index is 611. The highest BCUT2D eigenvalue weighted by molar-refractivity contribution is 9.10. The van der Waals surface area contributed by atoms with E-state index in [1.807, 2.05) is 0 Å². The molecule has 2 unspecified atom stereocenters. The molecule has 3 atom stereocenters. The third-order valence-electron chi connectivity index (χ3n) is 4.06. The van der Waals surface area contributed by atoms with Gasteiger partial charge in [-0.1, -0.05) is 52.3 Å². The first-order chi connectivity index (χ1) is 9.65. The molecule has 2 nitrogen and oxygen atoms in total. The van der Waals surface area contributed by atoms with Gasteiger partial charge in [0.25, 0.3) is 0 Å². The lowest BCUT2D eigenvalue weighted by atomic mass is 10.0. The molecule has 20 heavy (non-hydrogen) atoms. The summed E-state index contributed by atoms with van der Waals surface area (Å²) in [5.74, 6) is 0. The highest BCUT2D eigenvalue weighted by Crippen LogP contribution is 2.38. The van der Waals surface area contributed by atoms with E-state index in [-0.39, 0.29) is 6.04 Å². The molecule has 1 aliphatic rings. The molecule has 0 heterocycles. The highest BCUT2D eigenvalue weighted by Gasteiger charge is 2.28. The van der Waals surface area contributed by atoms with Gasteiger partial charge in [0.05, 0.1) is 0 Å². The number of benzene rings is 2. The Morgan fingerprint density at radius 3 is 2.65 bits per heavy atom. The van der Waals surface area contributed by atoms with Crippen molar-refractivity contribution in [2.75, 3.05) is 0 Å².